The van der Waals surface area contributed by atoms with Crippen molar-refractivity contribution in [2.75, 3.05) is 7.11 Å². The first-order chi connectivity index (χ1) is 68.7. The summed E-state index contributed by atoms with van der Waals surface area (Å²) in [6.45, 7) is 20.2. The molecule has 0 bridgehead atoms. The van der Waals surface area contributed by atoms with Gasteiger partial charge in [0.15, 0.2) is 28.9 Å². The average Bonchev–Trinajstić information content (AvgIpc) is 1.07. The van der Waals surface area contributed by atoms with Gasteiger partial charge in [-0.1, -0.05) is 343 Å². The molecule has 12 rings (SSSR count). The summed E-state index contributed by atoms with van der Waals surface area (Å²) >= 11 is 93.6. The van der Waals surface area contributed by atoms with E-state index in [1.165, 1.54) is 43.3 Å². The van der Waals surface area contributed by atoms with Gasteiger partial charge in [0.25, 0.3) is 0 Å². The van der Waals surface area contributed by atoms with E-state index in [0.717, 1.165) is 170 Å². The van der Waals surface area contributed by atoms with Gasteiger partial charge in [-0.05, 0) is 238 Å². The third-order valence-electron chi connectivity index (χ3n) is 25.2. The summed E-state index contributed by atoms with van der Waals surface area (Å²) in [6.07, 6.45) is 40.5. The molecule has 10 N–H and O–H groups in total. The number of aromatic hydroxyl groups is 9. The van der Waals surface area contributed by atoms with Gasteiger partial charge in [0, 0.05) is 89.9 Å². The van der Waals surface area contributed by atoms with Crippen molar-refractivity contribution in [3.8, 4) is 57.5 Å². The Morgan fingerprint density at radius 3 is 0.869 bits per heavy atom. The van der Waals surface area contributed by atoms with E-state index in [-0.39, 0.29) is 135 Å². The summed E-state index contributed by atoms with van der Waals surface area (Å²) in [4.78, 5) is 79.4. The molecule has 0 unspecified atom stereocenters. The maximum absolute atomic E-state index is 13.1. The number of Topliss-reactive ketones (excluding diaryl/α,β-unsaturated/α-hetero) is 5. The predicted molar refractivity (Wildman–Crippen MR) is 602 cm³/mol. The predicted octanol–water partition coefficient (Wildman–Crippen LogP) is 37.4. The lowest BCUT2D eigenvalue weighted by atomic mass is 9.93. The summed E-state index contributed by atoms with van der Waals surface area (Å²) in [6, 6.07) is 9.90. The number of halogens is 16. The van der Waals surface area contributed by atoms with Gasteiger partial charge in [0.1, 0.15) is 84.9 Å². The second-order valence-corrected chi connectivity index (χ2v) is 43.3. The number of hydrogen-bond donors (Lipinski definition) is 10. The minimum absolute atomic E-state index is 0.0133. The van der Waals surface area contributed by atoms with Crippen LogP contribution in [0.25, 0.3) is 0 Å². The second-order valence-electron chi connectivity index (χ2n) is 36.2. The van der Waals surface area contributed by atoms with Crippen LogP contribution in [-0.4, -0.2) is 92.8 Å². The highest BCUT2D eigenvalue weighted by molar-refractivity contribution is 9.10. The molecule has 0 fully saturated rings. The highest BCUT2D eigenvalue weighted by atomic mass is 79.9. The van der Waals surface area contributed by atoms with Crippen LogP contribution < -0.4 is 4.74 Å². The normalized spacial score (nSPS) is 13.7. The van der Waals surface area contributed by atoms with Crippen molar-refractivity contribution in [2.45, 2.75) is 294 Å². The van der Waals surface area contributed by atoms with Crippen molar-refractivity contribution in [1.82, 2.24) is 4.98 Å². The maximum Gasteiger partial charge on any atom is 0.203 e. The lowest BCUT2D eigenvalue weighted by Gasteiger charge is -2.17. The second kappa shape index (κ2) is 60.8. The smallest absolute Gasteiger partial charge is 0.203 e. The number of carbonyl (C=O) groups is 6. The Hall–Kier alpha value is -7.15. The molecular formula is C112H125BrCl15NO16. The minimum Gasteiger partial charge on any atom is -0.507 e. The van der Waals surface area contributed by atoms with Crippen LogP contribution in [0.5, 0.6) is 57.5 Å². The molecule has 0 radical (unpaired) electrons. The molecule has 0 amide bonds. The molecule has 17 nitrogen and oxygen atoms in total. The first-order valence-corrected chi connectivity index (χ1v) is 55.2. The zero-order valence-electron chi connectivity index (χ0n) is 83.1. The molecule has 0 saturated heterocycles. The van der Waals surface area contributed by atoms with E-state index < -0.39 is 28.8 Å². The standard InChI is InChI=1S/C20H23Cl3O2.C20H25ClO3.C19H21Cl3O2.C18H19BrCl2O3.C18H19Cl3O3.C17H18Cl3NO3/c1-4-5-6-7-8-13-9-15(21)12(2)18(20(13)25-3)19(24)14-10-16(22)17(23)11-14;1-4-5-6-7-8-14-11-16(21)20(24)17(18(14)22)19(23)15-10-12(2)9-13(15)3;1-3-4-5-6-7-12-8-14(20)11(2)17(18(12)23)19(24)13-9-15(21)16(22)10-13;1-2-3-4-5-6-10-7-12(19)18(24)15(16(10)22)17(23)11-8-13(20)14(21)9-11;1-2-3-4-5-6-10-7-14(21)18(24)15(16(10)22)17(23)11-8-12(19)13(20)9-11;1-2-3-4-5-6-9-7-11(18)16(24)12(14(9)22)15(23)10-8-21-17(20)13(10)19/h9-10H,4-8,11H2,1-3H3;9,11,22,24H,4-8,10H2,1-3H3;8-9,23H,3-7,10H2,1-2H3;2*7-8,22,24H,2-6,9H2,1H3;7-8,21-22,24H,2-6H2,1H3. The number of ketones is 6. The summed E-state index contributed by atoms with van der Waals surface area (Å²) < 4.78 is 6.00. The van der Waals surface area contributed by atoms with Crippen LogP contribution >= 0.6 is 190 Å². The zero-order chi connectivity index (χ0) is 108. The van der Waals surface area contributed by atoms with Gasteiger partial charge in [0.2, 0.25) is 5.78 Å². The number of phenols is 9. The molecule has 1 aromatic heterocycles. The Kier molecular flexibility index (Phi) is 52.3. The van der Waals surface area contributed by atoms with Crippen molar-refractivity contribution >= 4 is 225 Å². The van der Waals surface area contributed by atoms with Crippen LogP contribution in [-0.2, 0) is 38.5 Å². The number of nitrogens with one attached hydrogen (secondary N) is 1. The van der Waals surface area contributed by atoms with Gasteiger partial charge in [-0.15, -0.1) is 0 Å². The molecule has 7 aromatic rings. The maximum atomic E-state index is 13.1. The molecule has 786 valence electrons. The molecule has 33 heteroatoms. The number of aromatic amines is 1. The van der Waals surface area contributed by atoms with Gasteiger partial charge in [-0.3, -0.25) is 28.8 Å². The molecule has 0 spiro atoms. The number of carbonyl (C=O) groups excluding carboxylic acids is 6. The van der Waals surface area contributed by atoms with Crippen molar-refractivity contribution in [1.29, 1.82) is 0 Å². The van der Waals surface area contributed by atoms with Crippen molar-refractivity contribution < 1.29 is 79.5 Å². The van der Waals surface area contributed by atoms with Crippen molar-refractivity contribution in [3.63, 3.8) is 0 Å². The number of rotatable bonds is 43. The number of H-pyrrole nitrogens is 1. The van der Waals surface area contributed by atoms with Gasteiger partial charge >= 0.3 is 0 Å². The van der Waals surface area contributed by atoms with Gasteiger partial charge in [0.05, 0.1) is 68.5 Å². The monoisotopic (exact) mass is 2340 g/mol. The molecule has 5 aliphatic carbocycles. The van der Waals surface area contributed by atoms with E-state index in [1.807, 2.05) is 32.9 Å². The van der Waals surface area contributed by atoms with Crippen LogP contribution in [0.4, 0.5) is 0 Å². The number of allylic oxidation sites excluding steroid dienone is 20. The number of phenolic OH excluding ortho intramolecular Hbond substituents is 9. The molecule has 5 aliphatic rings. The highest BCUT2D eigenvalue weighted by Crippen LogP contribution is 2.50. The van der Waals surface area contributed by atoms with Crippen LogP contribution in [0.1, 0.15) is 354 Å². The number of aromatic nitrogens is 1. The fourth-order valence-electron chi connectivity index (χ4n) is 16.9. The van der Waals surface area contributed by atoms with E-state index in [9.17, 15) is 74.7 Å². The molecular weight excluding hydrogens is 2230 g/mol. The average molecular weight is 2350 g/mol. The first kappa shape index (κ1) is 125. The van der Waals surface area contributed by atoms with Gasteiger partial charge < -0.3 is 55.7 Å². The lowest BCUT2D eigenvalue weighted by Crippen LogP contribution is -2.10. The Morgan fingerprint density at radius 1 is 0.310 bits per heavy atom. The van der Waals surface area contributed by atoms with Gasteiger partial charge in [-0.25, -0.2) is 0 Å². The SMILES string of the molecule is CCCCCCc1cc(Br)c(O)c(C(=O)C2=CC(Cl)=C(Cl)C2)c1O.CCCCCCc1cc(Cl)c(C)c(C(=O)C2=CC(Cl)=C(Cl)C2)c1O.CCCCCCc1cc(Cl)c(C)c(C(=O)C2=CC(Cl)=C(Cl)C2)c1OC.CCCCCCc1cc(Cl)c(O)c(C(=O)C2=C(C)C=C(C)C2)c1O.CCCCCCc1cc(Cl)c(O)c(C(=O)C2=CC(Cl)=C(Cl)C2)c1O.CCCCCCc1cc(Cl)c(O)c(C(=O)c2c[nH]c(Cl)c2Cl)c1O. The number of hydrogen-bond acceptors (Lipinski definition) is 16. The topological polar surface area (TPSA) is 310 Å². The summed E-state index contributed by atoms with van der Waals surface area (Å²) in [5.74, 6) is -4.00. The van der Waals surface area contributed by atoms with Crippen LogP contribution in [0.3, 0.4) is 0 Å². The molecule has 0 atom stereocenters. The van der Waals surface area contributed by atoms with Crippen molar-refractivity contribution in [2.24, 2.45) is 0 Å². The lowest BCUT2D eigenvalue weighted by molar-refractivity contribution is 0.101. The Morgan fingerprint density at radius 2 is 0.579 bits per heavy atom. The fourth-order valence-corrected chi connectivity index (χ4v) is 20.5. The quantitative estimate of drug-likeness (QED) is 0.0125. The number of ether oxygens (including phenoxy) is 1. The summed E-state index contributed by atoms with van der Waals surface area (Å²) in [7, 11) is 1.59. The Balaban J connectivity index is 0.000000236. The number of benzene rings is 6. The zero-order valence-corrected chi connectivity index (χ0v) is 96.0. The summed E-state index contributed by atoms with van der Waals surface area (Å²) in [5.41, 5.74) is 9.85. The molecule has 6 aromatic carbocycles. The number of unbranched alkanes of at least 4 members (excludes halogenated alkanes) is 18. The van der Waals surface area contributed by atoms with Crippen LogP contribution in [0, 0.1) is 13.8 Å². The van der Waals surface area contributed by atoms with E-state index in [1.54, 1.807) is 44.4 Å². The Bertz CT molecular complexity index is 6010. The molecule has 145 heavy (non-hydrogen) atoms. The van der Waals surface area contributed by atoms with Crippen LogP contribution in [0.15, 0.2) is 157 Å². The fraction of sp³-hybridized carbons (Fsp3) is 0.411. The number of aryl methyl sites for hydroxylation is 6. The third-order valence-corrected chi connectivity index (χ3v) is 31.3. The van der Waals surface area contributed by atoms with E-state index in [2.05, 4.69) is 62.5 Å². The van der Waals surface area contributed by atoms with Crippen LogP contribution in [0.2, 0.25) is 35.3 Å². The highest BCUT2D eigenvalue weighted by Gasteiger charge is 2.35. The van der Waals surface area contributed by atoms with Crippen molar-refractivity contribution in [3.05, 3.63) is 275 Å². The van der Waals surface area contributed by atoms with Gasteiger partial charge in [-0.2, -0.15) is 0 Å². The van der Waals surface area contributed by atoms with E-state index in [4.69, 9.17) is 179 Å². The molecule has 0 aliphatic heterocycles. The largest absolute Gasteiger partial charge is 0.507 e. The first-order valence-electron chi connectivity index (χ1n) is 48.7. The molecule has 1 heterocycles. The number of methoxy groups -OCH3 is 1. The third kappa shape index (κ3) is 33.7. The van der Waals surface area contributed by atoms with E-state index in [0.29, 0.717) is 172 Å². The summed E-state index contributed by atoms with van der Waals surface area (Å²) in [5, 5.41) is 97.9. The Labute approximate surface area is 934 Å². The van der Waals surface area contributed by atoms with E-state index >= 15 is 0 Å². The molecule has 0 saturated carbocycles. The minimum atomic E-state index is -0.643.